The summed E-state index contributed by atoms with van der Waals surface area (Å²) < 4.78 is 0. The van der Waals surface area contributed by atoms with Crippen LogP contribution in [0.25, 0.3) is 0 Å². The second kappa shape index (κ2) is 7.64. The number of nitrogens with one attached hydrogen (secondary N) is 1. The first-order valence-electron chi connectivity index (χ1n) is 4.71. The van der Waals surface area contributed by atoms with E-state index >= 15 is 0 Å². The third-order valence-corrected chi connectivity index (χ3v) is 2.52. The molecule has 0 spiro atoms. The molecule has 1 N–H and O–H groups in total. The minimum absolute atomic E-state index is 0.667. The second-order valence-electron chi connectivity index (χ2n) is 2.83. The van der Waals surface area contributed by atoms with Crippen LogP contribution in [0.5, 0.6) is 0 Å². The summed E-state index contributed by atoms with van der Waals surface area (Å²) in [6, 6.07) is 3.32. The van der Waals surface area contributed by atoms with Gasteiger partial charge in [-0.25, -0.2) is 0 Å². The lowest BCUT2D eigenvalue weighted by atomic mass is 10.3. The van der Waals surface area contributed by atoms with E-state index in [0.29, 0.717) is 5.56 Å². The Bertz CT molecular complexity index is 376. The SMILES string of the molecule is CN=C1CSC=CN1.O=Cc1ccncc1. The fourth-order valence-corrected chi connectivity index (χ4v) is 1.55. The lowest BCUT2D eigenvalue weighted by Gasteiger charge is -2.06. The number of carbonyl (C=O) groups is 1. The lowest BCUT2D eigenvalue weighted by Crippen LogP contribution is -2.21. The number of rotatable bonds is 1. The van der Waals surface area contributed by atoms with Crippen LogP contribution >= 0.6 is 11.8 Å². The summed E-state index contributed by atoms with van der Waals surface area (Å²) in [7, 11) is 1.79. The summed E-state index contributed by atoms with van der Waals surface area (Å²) in [5.41, 5.74) is 0.667. The van der Waals surface area contributed by atoms with Crippen LogP contribution in [-0.4, -0.2) is 29.9 Å². The predicted octanol–water partition coefficient (Wildman–Crippen LogP) is 1.72. The van der Waals surface area contributed by atoms with E-state index in [9.17, 15) is 4.79 Å². The number of aromatic nitrogens is 1. The van der Waals surface area contributed by atoms with Crippen LogP contribution in [0.3, 0.4) is 0 Å². The summed E-state index contributed by atoms with van der Waals surface area (Å²) in [4.78, 5) is 17.7. The van der Waals surface area contributed by atoms with Crippen molar-refractivity contribution in [1.82, 2.24) is 10.3 Å². The van der Waals surface area contributed by atoms with Crippen molar-refractivity contribution in [3.8, 4) is 0 Å². The summed E-state index contributed by atoms with van der Waals surface area (Å²) >= 11 is 1.75. The van der Waals surface area contributed by atoms with E-state index in [2.05, 4.69) is 15.3 Å². The van der Waals surface area contributed by atoms with Gasteiger partial charge in [0.05, 0.1) is 5.75 Å². The number of aldehydes is 1. The van der Waals surface area contributed by atoms with Crippen molar-refractivity contribution >= 4 is 23.9 Å². The van der Waals surface area contributed by atoms with Gasteiger partial charge in [-0.1, -0.05) is 0 Å². The van der Waals surface area contributed by atoms with E-state index in [4.69, 9.17) is 0 Å². The largest absolute Gasteiger partial charge is 0.349 e. The number of hydrogen-bond acceptors (Lipinski definition) is 4. The van der Waals surface area contributed by atoms with Gasteiger partial charge in [0.15, 0.2) is 0 Å². The van der Waals surface area contributed by atoms with E-state index in [1.165, 1.54) is 0 Å². The Balaban J connectivity index is 0.000000160. The molecule has 0 saturated carbocycles. The zero-order valence-corrected chi connectivity index (χ0v) is 9.78. The monoisotopic (exact) mass is 235 g/mol. The molecular weight excluding hydrogens is 222 g/mol. The Labute approximate surface area is 98.9 Å². The molecule has 0 fully saturated rings. The van der Waals surface area contributed by atoms with Crippen LogP contribution < -0.4 is 5.32 Å². The van der Waals surface area contributed by atoms with Crippen LogP contribution in [0.1, 0.15) is 10.4 Å². The molecule has 0 atom stereocenters. The number of hydrogen-bond donors (Lipinski definition) is 1. The summed E-state index contributed by atoms with van der Waals surface area (Å²) in [5, 5.41) is 5.04. The average Bonchev–Trinajstić information content (AvgIpc) is 2.41. The standard InChI is InChI=1S/C6H5NO.C5H8N2S/c8-5-6-1-3-7-4-2-6;1-6-5-4-8-3-2-7-5/h1-5H;2-3H,4H2,1H3,(H,6,7). The van der Waals surface area contributed by atoms with Gasteiger partial charge in [0.25, 0.3) is 0 Å². The molecule has 16 heavy (non-hydrogen) atoms. The molecule has 84 valence electrons. The van der Waals surface area contributed by atoms with Crippen molar-refractivity contribution in [2.24, 2.45) is 4.99 Å². The number of thioether (sulfide) groups is 1. The van der Waals surface area contributed by atoms with Crippen molar-refractivity contribution in [1.29, 1.82) is 0 Å². The van der Waals surface area contributed by atoms with Gasteiger partial charge >= 0.3 is 0 Å². The van der Waals surface area contributed by atoms with E-state index in [0.717, 1.165) is 17.9 Å². The maximum atomic E-state index is 9.98. The molecule has 5 heteroatoms. The first-order valence-corrected chi connectivity index (χ1v) is 5.75. The topological polar surface area (TPSA) is 54.4 Å². The Kier molecular flexibility index (Phi) is 5.95. The molecule has 2 heterocycles. The van der Waals surface area contributed by atoms with Crippen LogP contribution in [0.2, 0.25) is 0 Å². The second-order valence-corrected chi connectivity index (χ2v) is 3.72. The molecule has 0 unspecified atom stereocenters. The van der Waals surface area contributed by atoms with E-state index in [1.54, 1.807) is 43.3 Å². The van der Waals surface area contributed by atoms with Crippen LogP contribution in [0, 0.1) is 0 Å². The molecule has 0 bridgehead atoms. The summed E-state index contributed by atoms with van der Waals surface area (Å²) in [6.07, 6.45) is 5.87. The van der Waals surface area contributed by atoms with E-state index in [1.807, 2.05) is 11.6 Å². The van der Waals surface area contributed by atoms with Crippen LogP contribution in [0.4, 0.5) is 0 Å². The highest BCUT2D eigenvalue weighted by Gasteiger charge is 1.96. The molecule has 1 aliphatic heterocycles. The van der Waals surface area contributed by atoms with Crippen molar-refractivity contribution in [2.75, 3.05) is 12.8 Å². The first-order chi connectivity index (χ1) is 7.86. The maximum absolute atomic E-state index is 9.98. The highest BCUT2D eigenvalue weighted by Crippen LogP contribution is 2.04. The minimum Gasteiger partial charge on any atom is -0.349 e. The van der Waals surface area contributed by atoms with Crippen LogP contribution in [-0.2, 0) is 0 Å². The molecule has 1 aliphatic rings. The van der Waals surface area contributed by atoms with E-state index < -0.39 is 0 Å². The summed E-state index contributed by atoms with van der Waals surface area (Å²) in [5.74, 6) is 2.03. The number of amidine groups is 1. The molecule has 2 rings (SSSR count). The van der Waals surface area contributed by atoms with Gasteiger partial charge in [-0.15, -0.1) is 11.8 Å². The normalized spacial score (nSPS) is 15.9. The quantitative estimate of drug-likeness (QED) is 0.753. The Morgan fingerprint density at radius 2 is 2.25 bits per heavy atom. The molecule has 1 aromatic heterocycles. The van der Waals surface area contributed by atoms with Gasteiger partial charge in [0.2, 0.25) is 0 Å². The molecular formula is C11H13N3OS. The Morgan fingerprint density at radius 1 is 1.50 bits per heavy atom. The highest BCUT2D eigenvalue weighted by molar-refractivity contribution is 8.02. The van der Waals surface area contributed by atoms with Gasteiger partial charge < -0.3 is 5.32 Å². The van der Waals surface area contributed by atoms with E-state index in [-0.39, 0.29) is 0 Å². The molecule has 0 radical (unpaired) electrons. The van der Waals surface area contributed by atoms with Gasteiger partial charge in [-0.3, -0.25) is 14.8 Å². The average molecular weight is 235 g/mol. The van der Waals surface area contributed by atoms with Crippen molar-refractivity contribution in [2.45, 2.75) is 0 Å². The molecule has 4 nitrogen and oxygen atoms in total. The lowest BCUT2D eigenvalue weighted by molar-refractivity contribution is 0.112. The fourth-order valence-electron chi connectivity index (χ4n) is 0.918. The molecule has 0 saturated heterocycles. The van der Waals surface area contributed by atoms with Crippen molar-refractivity contribution in [3.05, 3.63) is 41.7 Å². The third kappa shape index (κ3) is 4.75. The Morgan fingerprint density at radius 3 is 2.62 bits per heavy atom. The first kappa shape index (κ1) is 12.4. The van der Waals surface area contributed by atoms with Gasteiger partial charge in [0.1, 0.15) is 12.1 Å². The van der Waals surface area contributed by atoms with Gasteiger partial charge in [0, 0.05) is 31.2 Å². The van der Waals surface area contributed by atoms with Crippen molar-refractivity contribution < 1.29 is 4.79 Å². The number of aliphatic imine (C=N–C) groups is 1. The number of nitrogens with zero attached hydrogens (tertiary/aromatic N) is 2. The van der Waals surface area contributed by atoms with Gasteiger partial charge in [-0.05, 0) is 17.5 Å². The Hall–Kier alpha value is -1.62. The zero-order valence-electron chi connectivity index (χ0n) is 8.96. The minimum atomic E-state index is 0.667. The van der Waals surface area contributed by atoms with Gasteiger partial charge in [-0.2, -0.15) is 0 Å². The number of pyridine rings is 1. The molecule has 0 amide bonds. The molecule has 1 aromatic rings. The number of carbonyl (C=O) groups excluding carboxylic acids is 1. The molecule has 0 aromatic carbocycles. The fraction of sp³-hybridized carbons (Fsp3) is 0.182. The maximum Gasteiger partial charge on any atom is 0.150 e. The third-order valence-electron chi connectivity index (χ3n) is 1.75. The smallest absolute Gasteiger partial charge is 0.150 e. The molecule has 0 aliphatic carbocycles. The van der Waals surface area contributed by atoms with Crippen LogP contribution in [0.15, 0.2) is 41.1 Å². The zero-order chi connectivity index (χ0) is 11.6. The van der Waals surface area contributed by atoms with Crippen molar-refractivity contribution in [3.63, 3.8) is 0 Å². The predicted molar refractivity (Wildman–Crippen MR) is 67.7 cm³/mol. The highest BCUT2D eigenvalue weighted by atomic mass is 32.2. The summed E-state index contributed by atoms with van der Waals surface area (Å²) in [6.45, 7) is 0.